The number of rotatable bonds is 3. The standard InChI is InChI=1S/C17H19NO3/c1-12(18-9-10-21-16(11-18)17(19)20)14-8-4-6-13-5-2-3-7-15(13)14/h2-8,12,16H,9-11H2,1H3,(H,19,20). The second kappa shape index (κ2) is 5.84. The first-order valence-electron chi connectivity index (χ1n) is 7.23. The molecule has 4 heteroatoms. The highest BCUT2D eigenvalue weighted by molar-refractivity contribution is 5.86. The molecule has 110 valence electrons. The topological polar surface area (TPSA) is 49.8 Å². The van der Waals surface area contributed by atoms with E-state index in [1.807, 2.05) is 12.1 Å². The Balaban J connectivity index is 1.90. The van der Waals surface area contributed by atoms with Crippen molar-refractivity contribution in [1.82, 2.24) is 4.90 Å². The van der Waals surface area contributed by atoms with Gasteiger partial charge in [0.2, 0.25) is 0 Å². The molecule has 0 radical (unpaired) electrons. The van der Waals surface area contributed by atoms with Crippen molar-refractivity contribution in [2.24, 2.45) is 0 Å². The van der Waals surface area contributed by atoms with Crippen LogP contribution < -0.4 is 0 Å². The van der Waals surface area contributed by atoms with E-state index >= 15 is 0 Å². The second-order valence-corrected chi connectivity index (χ2v) is 5.44. The van der Waals surface area contributed by atoms with E-state index < -0.39 is 12.1 Å². The number of nitrogens with zero attached hydrogens (tertiary/aromatic N) is 1. The molecule has 0 aliphatic carbocycles. The Morgan fingerprint density at radius 3 is 2.86 bits per heavy atom. The molecule has 1 aliphatic rings. The van der Waals surface area contributed by atoms with E-state index in [0.29, 0.717) is 13.2 Å². The zero-order valence-corrected chi connectivity index (χ0v) is 12.0. The minimum atomic E-state index is -0.884. The Bertz CT molecular complexity index is 650. The van der Waals surface area contributed by atoms with Gasteiger partial charge in [-0.2, -0.15) is 0 Å². The number of carbonyl (C=O) groups is 1. The molecule has 1 saturated heterocycles. The van der Waals surface area contributed by atoms with E-state index in [4.69, 9.17) is 9.84 Å². The summed E-state index contributed by atoms with van der Waals surface area (Å²) in [7, 11) is 0. The van der Waals surface area contributed by atoms with E-state index in [1.54, 1.807) is 0 Å². The lowest BCUT2D eigenvalue weighted by atomic mass is 9.98. The van der Waals surface area contributed by atoms with Crippen molar-refractivity contribution in [1.29, 1.82) is 0 Å². The summed E-state index contributed by atoms with van der Waals surface area (Å²) in [5, 5.41) is 11.6. The van der Waals surface area contributed by atoms with Gasteiger partial charge in [0.15, 0.2) is 6.10 Å². The molecular formula is C17H19NO3. The first-order chi connectivity index (χ1) is 10.2. The molecule has 0 spiro atoms. The van der Waals surface area contributed by atoms with Crippen molar-refractivity contribution in [2.45, 2.75) is 19.1 Å². The van der Waals surface area contributed by atoms with Crippen molar-refractivity contribution in [3.63, 3.8) is 0 Å². The number of ether oxygens (including phenoxy) is 1. The van der Waals surface area contributed by atoms with Gasteiger partial charge in [0.05, 0.1) is 6.61 Å². The number of morpholine rings is 1. The Labute approximate surface area is 123 Å². The van der Waals surface area contributed by atoms with Crippen LogP contribution in [0.1, 0.15) is 18.5 Å². The largest absolute Gasteiger partial charge is 0.479 e. The van der Waals surface area contributed by atoms with E-state index in [2.05, 4.69) is 42.2 Å². The fourth-order valence-electron chi connectivity index (χ4n) is 2.98. The average molecular weight is 285 g/mol. The van der Waals surface area contributed by atoms with Gasteiger partial charge in [-0.25, -0.2) is 4.79 Å². The minimum Gasteiger partial charge on any atom is -0.479 e. The normalized spacial score (nSPS) is 21.3. The molecule has 2 aromatic rings. The van der Waals surface area contributed by atoms with Crippen LogP contribution in [-0.4, -0.2) is 41.8 Å². The molecule has 0 aromatic heterocycles. The number of fused-ring (bicyclic) bond motifs is 1. The molecule has 1 aliphatic heterocycles. The first-order valence-corrected chi connectivity index (χ1v) is 7.23. The molecule has 21 heavy (non-hydrogen) atoms. The van der Waals surface area contributed by atoms with Crippen molar-refractivity contribution >= 4 is 16.7 Å². The van der Waals surface area contributed by atoms with E-state index in [1.165, 1.54) is 16.3 Å². The number of hydrogen-bond donors (Lipinski definition) is 1. The summed E-state index contributed by atoms with van der Waals surface area (Å²) in [4.78, 5) is 13.3. The Morgan fingerprint density at radius 1 is 1.29 bits per heavy atom. The van der Waals surface area contributed by atoms with Gasteiger partial charge in [0, 0.05) is 19.1 Å². The number of carboxylic acid groups (broad SMARTS) is 1. The molecule has 2 aromatic carbocycles. The van der Waals surface area contributed by atoms with Gasteiger partial charge < -0.3 is 9.84 Å². The van der Waals surface area contributed by atoms with Gasteiger partial charge in [-0.15, -0.1) is 0 Å². The van der Waals surface area contributed by atoms with E-state index in [0.717, 1.165) is 6.54 Å². The van der Waals surface area contributed by atoms with Crippen LogP contribution in [-0.2, 0) is 9.53 Å². The maximum absolute atomic E-state index is 11.1. The first kappa shape index (κ1) is 14.0. The fourth-order valence-corrected chi connectivity index (χ4v) is 2.98. The summed E-state index contributed by atoms with van der Waals surface area (Å²) in [6.07, 6.45) is -0.726. The Morgan fingerprint density at radius 2 is 2.05 bits per heavy atom. The molecule has 4 nitrogen and oxygen atoms in total. The maximum Gasteiger partial charge on any atom is 0.334 e. The monoisotopic (exact) mass is 285 g/mol. The molecule has 0 bridgehead atoms. The highest BCUT2D eigenvalue weighted by Gasteiger charge is 2.29. The van der Waals surface area contributed by atoms with E-state index in [9.17, 15) is 4.79 Å². The lowest BCUT2D eigenvalue weighted by Crippen LogP contribution is -2.46. The molecule has 2 unspecified atom stereocenters. The predicted octanol–water partition coefficient (Wildman–Crippen LogP) is 2.69. The smallest absolute Gasteiger partial charge is 0.334 e. The third kappa shape index (κ3) is 2.77. The van der Waals surface area contributed by atoms with Crippen molar-refractivity contribution < 1.29 is 14.6 Å². The Hall–Kier alpha value is -1.91. The number of aliphatic carboxylic acids is 1. The third-order valence-electron chi connectivity index (χ3n) is 4.19. The van der Waals surface area contributed by atoms with Gasteiger partial charge in [-0.3, -0.25) is 4.90 Å². The fraction of sp³-hybridized carbons (Fsp3) is 0.353. The van der Waals surface area contributed by atoms with Crippen LogP contribution in [0.5, 0.6) is 0 Å². The molecule has 1 heterocycles. The van der Waals surface area contributed by atoms with Crippen molar-refractivity contribution in [3.05, 3.63) is 48.0 Å². The van der Waals surface area contributed by atoms with Gasteiger partial charge in [-0.1, -0.05) is 42.5 Å². The van der Waals surface area contributed by atoms with Crippen LogP contribution in [0.3, 0.4) is 0 Å². The van der Waals surface area contributed by atoms with Crippen LogP contribution in [0.15, 0.2) is 42.5 Å². The molecule has 1 N–H and O–H groups in total. The number of benzene rings is 2. The van der Waals surface area contributed by atoms with Gasteiger partial charge in [0.1, 0.15) is 0 Å². The highest BCUT2D eigenvalue weighted by atomic mass is 16.5. The van der Waals surface area contributed by atoms with Crippen LogP contribution >= 0.6 is 0 Å². The predicted molar refractivity (Wildman–Crippen MR) is 81.3 cm³/mol. The summed E-state index contributed by atoms with van der Waals surface area (Å²) in [5.74, 6) is -0.884. The van der Waals surface area contributed by atoms with Crippen LogP contribution in [0.4, 0.5) is 0 Å². The SMILES string of the molecule is CC(c1cccc2ccccc12)N1CCOC(C(=O)O)C1. The summed E-state index contributed by atoms with van der Waals surface area (Å²) in [6, 6.07) is 14.7. The molecular weight excluding hydrogens is 266 g/mol. The zero-order valence-electron chi connectivity index (χ0n) is 12.0. The van der Waals surface area contributed by atoms with Gasteiger partial charge in [0.25, 0.3) is 0 Å². The van der Waals surface area contributed by atoms with Gasteiger partial charge in [-0.05, 0) is 23.3 Å². The Kier molecular flexibility index (Phi) is 3.90. The summed E-state index contributed by atoms with van der Waals surface area (Å²) in [5.41, 5.74) is 1.24. The lowest BCUT2D eigenvalue weighted by Gasteiger charge is -2.35. The van der Waals surface area contributed by atoms with Gasteiger partial charge >= 0.3 is 5.97 Å². The molecule has 0 amide bonds. The van der Waals surface area contributed by atoms with Crippen LogP contribution in [0.25, 0.3) is 10.8 Å². The highest BCUT2D eigenvalue weighted by Crippen LogP contribution is 2.29. The molecule has 1 fully saturated rings. The summed E-state index contributed by atoms with van der Waals surface area (Å²) >= 11 is 0. The summed E-state index contributed by atoms with van der Waals surface area (Å²) < 4.78 is 5.30. The number of hydrogen-bond acceptors (Lipinski definition) is 3. The van der Waals surface area contributed by atoms with Crippen molar-refractivity contribution in [3.8, 4) is 0 Å². The average Bonchev–Trinajstić information content (AvgIpc) is 2.53. The van der Waals surface area contributed by atoms with Crippen LogP contribution in [0.2, 0.25) is 0 Å². The summed E-state index contributed by atoms with van der Waals surface area (Å²) in [6.45, 7) is 3.78. The van der Waals surface area contributed by atoms with Crippen molar-refractivity contribution in [2.75, 3.05) is 19.7 Å². The second-order valence-electron chi connectivity index (χ2n) is 5.44. The molecule has 0 saturated carbocycles. The molecule has 3 rings (SSSR count). The van der Waals surface area contributed by atoms with Crippen LogP contribution in [0, 0.1) is 0 Å². The minimum absolute atomic E-state index is 0.168. The number of carboxylic acids is 1. The molecule has 2 atom stereocenters. The lowest BCUT2D eigenvalue weighted by molar-refractivity contribution is -0.157. The zero-order chi connectivity index (χ0) is 14.8. The third-order valence-corrected chi connectivity index (χ3v) is 4.19. The quantitative estimate of drug-likeness (QED) is 0.942. The van der Waals surface area contributed by atoms with E-state index in [-0.39, 0.29) is 6.04 Å². The maximum atomic E-state index is 11.1.